The number of aliphatic hydroxyl groups excluding tert-OH is 1. The fourth-order valence-electron chi connectivity index (χ4n) is 3.03. The first kappa shape index (κ1) is 15.3. The van der Waals surface area contributed by atoms with Crippen molar-refractivity contribution in [2.75, 3.05) is 18.0 Å². The molecule has 1 aromatic carbocycles. The smallest absolute Gasteiger partial charge is 0.223 e. The summed E-state index contributed by atoms with van der Waals surface area (Å²) in [4.78, 5) is 13.8. The summed E-state index contributed by atoms with van der Waals surface area (Å²) in [6.45, 7) is 1.73. The van der Waals surface area contributed by atoms with E-state index >= 15 is 0 Å². The lowest BCUT2D eigenvalue weighted by Crippen LogP contribution is -2.36. The highest BCUT2D eigenvalue weighted by Crippen LogP contribution is 2.27. The summed E-state index contributed by atoms with van der Waals surface area (Å²) in [6, 6.07) is 5.14. The number of carbonyl (C=O) groups is 1. The summed E-state index contributed by atoms with van der Waals surface area (Å²) >= 11 is 0. The zero-order valence-electron chi connectivity index (χ0n) is 12.7. The third-order valence-corrected chi connectivity index (χ3v) is 4.76. The lowest BCUT2D eigenvalue weighted by Gasteiger charge is -2.31. The number of piperidine rings is 1. The van der Waals surface area contributed by atoms with Crippen LogP contribution in [0.25, 0.3) is 0 Å². The summed E-state index contributed by atoms with van der Waals surface area (Å²) in [5, 5.41) is 12.4. The third kappa shape index (κ3) is 3.40. The van der Waals surface area contributed by atoms with Gasteiger partial charge in [0.25, 0.3) is 0 Å². The molecule has 2 aliphatic rings. The topological polar surface area (TPSA) is 52.6 Å². The Bertz CT molecular complexity index is 537. The zero-order valence-corrected chi connectivity index (χ0v) is 12.7. The highest BCUT2D eigenvalue weighted by molar-refractivity contribution is 5.79. The second-order valence-corrected chi connectivity index (χ2v) is 6.35. The van der Waals surface area contributed by atoms with Crippen LogP contribution in [-0.2, 0) is 11.3 Å². The fraction of sp³-hybridized carbons (Fsp3) is 0.588. The van der Waals surface area contributed by atoms with Gasteiger partial charge in [0.15, 0.2) is 0 Å². The minimum absolute atomic E-state index is 0.0840. The van der Waals surface area contributed by atoms with Crippen LogP contribution in [0.3, 0.4) is 0 Å². The summed E-state index contributed by atoms with van der Waals surface area (Å²) < 4.78 is 14.3. The molecule has 0 aromatic heterocycles. The molecule has 3 rings (SSSR count). The largest absolute Gasteiger partial charge is 0.393 e. The van der Waals surface area contributed by atoms with Crippen LogP contribution in [0.15, 0.2) is 18.2 Å². The van der Waals surface area contributed by atoms with Crippen molar-refractivity contribution in [3.05, 3.63) is 29.6 Å². The van der Waals surface area contributed by atoms with E-state index in [1.54, 1.807) is 6.07 Å². The van der Waals surface area contributed by atoms with E-state index in [9.17, 15) is 14.3 Å². The van der Waals surface area contributed by atoms with Gasteiger partial charge >= 0.3 is 0 Å². The van der Waals surface area contributed by atoms with Crippen LogP contribution in [0.2, 0.25) is 0 Å². The first-order chi connectivity index (χ1) is 10.6. The summed E-state index contributed by atoms with van der Waals surface area (Å²) in [7, 11) is 0. The van der Waals surface area contributed by atoms with Crippen molar-refractivity contribution < 1.29 is 14.3 Å². The molecule has 4 nitrogen and oxygen atoms in total. The number of halogens is 1. The molecule has 0 atom stereocenters. The second-order valence-electron chi connectivity index (χ2n) is 6.35. The Labute approximate surface area is 130 Å². The Balaban J connectivity index is 1.58. The van der Waals surface area contributed by atoms with Gasteiger partial charge in [0.05, 0.1) is 11.8 Å². The van der Waals surface area contributed by atoms with Gasteiger partial charge < -0.3 is 15.3 Å². The number of aliphatic hydroxyl groups is 1. The van der Waals surface area contributed by atoms with Gasteiger partial charge in [0.2, 0.25) is 5.91 Å². The number of hydrogen-bond acceptors (Lipinski definition) is 3. The Morgan fingerprint density at radius 2 is 2.00 bits per heavy atom. The van der Waals surface area contributed by atoms with E-state index in [-0.39, 0.29) is 23.7 Å². The predicted molar refractivity (Wildman–Crippen MR) is 83.0 cm³/mol. The standard InChI is InChI=1S/C17H23FN2O2/c18-15-10-12(11-19-17(22)13-2-1-3-13)4-5-16(15)20-8-6-14(21)7-9-20/h4-5,10,13-14,21H,1-3,6-9,11H2,(H,19,22). The molecule has 22 heavy (non-hydrogen) atoms. The van der Waals surface area contributed by atoms with Crippen molar-refractivity contribution in [3.8, 4) is 0 Å². The second kappa shape index (κ2) is 6.65. The molecule has 1 aromatic rings. The molecule has 1 amide bonds. The van der Waals surface area contributed by atoms with Crippen LogP contribution in [0.4, 0.5) is 10.1 Å². The average Bonchev–Trinajstić information content (AvgIpc) is 2.45. The number of carbonyl (C=O) groups excluding carboxylic acids is 1. The summed E-state index contributed by atoms with van der Waals surface area (Å²) in [6.07, 6.45) is 4.17. The number of rotatable bonds is 4. The maximum Gasteiger partial charge on any atom is 0.223 e. The van der Waals surface area contributed by atoms with Gasteiger partial charge in [0.1, 0.15) is 5.82 Å². The van der Waals surface area contributed by atoms with Crippen LogP contribution >= 0.6 is 0 Å². The monoisotopic (exact) mass is 306 g/mol. The van der Waals surface area contributed by atoms with Gasteiger partial charge in [0, 0.05) is 25.6 Å². The van der Waals surface area contributed by atoms with Crippen LogP contribution < -0.4 is 10.2 Å². The van der Waals surface area contributed by atoms with Crippen molar-refractivity contribution >= 4 is 11.6 Å². The van der Waals surface area contributed by atoms with Gasteiger partial charge in [-0.1, -0.05) is 12.5 Å². The maximum absolute atomic E-state index is 14.3. The molecule has 1 saturated carbocycles. The number of anilines is 1. The lowest BCUT2D eigenvalue weighted by molar-refractivity contribution is -0.127. The first-order valence-electron chi connectivity index (χ1n) is 8.12. The minimum atomic E-state index is -0.264. The molecule has 1 heterocycles. The number of nitrogens with zero attached hydrogens (tertiary/aromatic N) is 1. The van der Waals surface area contributed by atoms with Gasteiger partial charge in [-0.05, 0) is 43.4 Å². The molecule has 120 valence electrons. The molecule has 1 aliphatic heterocycles. The fourth-order valence-corrected chi connectivity index (χ4v) is 3.03. The summed E-state index contributed by atoms with van der Waals surface area (Å²) in [5.74, 6) is -0.0172. The Morgan fingerprint density at radius 3 is 2.59 bits per heavy atom. The summed E-state index contributed by atoms with van der Waals surface area (Å²) in [5.41, 5.74) is 1.37. The lowest BCUT2D eigenvalue weighted by atomic mass is 9.85. The van der Waals surface area contributed by atoms with Crippen molar-refractivity contribution in [1.29, 1.82) is 0 Å². The quantitative estimate of drug-likeness (QED) is 0.897. The van der Waals surface area contributed by atoms with Crippen LogP contribution in [-0.4, -0.2) is 30.2 Å². The molecule has 0 spiro atoms. The Kier molecular flexibility index (Phi) is 4.62. The molecular weight excluding hydrogens is 283 g/mol. The van der Waals surface area contributed by atoms with Gasteiger partial charge in [-0.3, -0.25) is 4.79 Å². The highest BCUT2D eigenvalue weighted by atomic mass is 19.1. The van der Waals surface area contributed by atoms with Gasteiger partial charge in [-0.2, -0.15) is 0 Å². The number of benzene rings is 1. The van der Waals surface area contributed by atoms with Crippen LogP contribution in [0.5, 0.6) is 0 Å². The Morgan fingerprint density at radius 1 is 1.27 bits per heavy atom. The molecule has 5 heteroatoms. The minimum Gasteiger partial charge on any atom is -0.393 e. The Hall–Kier alpha value is -1.62. The van der Waals surface area contributed by atoms with Crippen LogP contribution in [0, 0.1) is 11.7 Å². The molecule has 2 fully saturated rings. The van der Waals surface area contributed by atoms with E-state index in [0.717, 1.165) is 24.8 Å². The van der Waals surface area contributed by atoms with E-state index in [1.807, 2.05) is 11.0 Å². The van der Waals surface area contributed by atoms with E-state index in [0.29, 0.717) is 38.2 Å². The van der Waals surface area contributed by atoms with Gasteiger partial charge in [-0.25, -0.2) is 4.39 Å². The van der Waals surface area contributed by atoms with Gasteiger partial charge in [-0.15, -0.1) is 0 Å². The molecule has 0 bridgehead atoms. The molecule has 2 N–H and O–H groups in total. The van der Waals surface area contributed by atoms with E-state index in [2.05, 4.69) is 5.32 Å². The normalized spacial score (nSPS) is 19.8. The van der Waals surface area contributed by atoms with E-state index in [1.165, 1.54) is 6.07 Å². The van der Waals surface area contributed by atoms with Crippen molar-refractivity contribution in [2.45, 2.75) is 44.8 Å². The van der Waals surface area contributed by atoms with Crippen molar-refractivity contribution in [1.82, 2.24) is 5.32 Å². The molecule has 0 unspecified atom stereocenters. The zero-order chi connectivity index (χ0) is 15.5. The maximum atomic E-state index is 14.3. The predicted octanol–water partition coefficient (Wildman–Crippen LogP) is 2.20. The molecule has 1 saturated heterocycles. The average molecular weight is 306 g/mol. The number of hydrogen-bond donors (Lipinski definition) is 2. The molecular formula is C17H23FN2O2. The molecule has 0 radical (unpaired) electrons. The van der Waals surface area contributed by atoms with E-state index in [4.69, 9.17) is 0 Å². The third-order valence-electron chi connectivity index (χ3n) is 4.76. The number of amides is 1. The molecule has 1 aliphatic carbocycles. The number of nitrogens with one attached hydrogen (secondary N) is 1. The highest BCUT2D eigenvalue weighted by Gasteiger charge is 2.25. The van der Waals surface area contributed by atoms with E-state index < -0.39 is 0 Å². The first-order valence-corrected chi connectivity index (χ1v) is 8.12. The SMILES string of the molecule is O=C(NCc1ccc(N2CCC(O)CC2)c(F)c1)C1CCC1. The van der Waals surface area contributed by atoms with Crippen LogP contribution in [0.1, 0.15) is 37.7 Å². The van der Waals surface area contributed by atoms with Crippen molar-refractivity contribution in [2.24, 2.45) is 5.92 Å². The van der Waals surface area contributed by atoms with Crippen molar-refractivity contribution in [3.63, 3.8) is 0 Å².